The Morgan fingerprint density at radius 2 is 2.05 bits per heavy atom. The molecule has 1 rings (SSSR count). The maximum absolute atomic E-state index is 12.2. The van der Waals surface area contributed by atoms with Gasteiger partial charge in [-0.3, -0.25) is 0 Å². The normalized spacial score (nSPS) is 13.3. The fourth-order valence-corrected chi connectivity index (χ4v) is 3.42. The smallest absolute Gasteiger partial charge is 0.410 e. The van der Waals surface area contributed by atoms with Gasteiger partial charge in [-0.15, -0.1) is 11.3 Å². The van der Waals surface area contributed by atoms with Crippen molar-refractivity contribution in [2.45, 2.75) is 59.2 Å². The minimum Gasteiger partial charge on any atom is -0.444 e. The fourth-order valence-electron chi connectivity index (χ4n) is 1.94. The van der Waals surface area contributed by atoms with Gasteiger partial charge in [-0.1, -0.05) is 0 Å². The molecule has 0 aromatic carbocycles. The van der Waals surface area contributed by atoms with E-state index in [9.17, 15) is 4.79 Å². The van der Waals surface area contributed by atoms with Crippen molar-refractivity contribution in [1.29, 1.82) is 0 Å². The van der Waals surface area contributed by atoms with E-state index in [2.05, 4.69) is 39.6 Å². The lowest BCUT2D eigenvalue weighted by atomic mass is 10.2. The molecule has 0 radical (unpaired) electrons. The Morgan fingerprint density at radius 1 is 1.41 bits per heavy atom. The van der Waals surface area contributed by atoms with Crippen molar-refractivity contribution in [1.82, 2.24) is 10.2 Å². The highest BCUT2D eigenvalue weighted by Gasteiger charge is 2.23. The zero-order valence-corrected chi connectivity index (χ0v) is 16.7. The van der Waals surface area contributed by atoms with Gasteiger partial charge in [0.25, 0.3) is 0 Å². The zero-order chi connectivity index (χ0) is 16.9. The lowest BCUT2D eigenvalue weighted by Gasteiger charge is -2.30. The Balaban J connectivity index is 2.49. The summed E-state index contributed by atoms with van der Waals surface area (Å²) >= 11 is 5.19. The second-order valence-electron chi connectivity index (χ2n) is 6.61. The van der Waals surface area contributed by atoms with E-state index in [1.54, 1.807) is 16.2 Å². The van der Waals surface area contributed by atoms with E-state index in [1.807, 2.05) is 34.6 Å². The molecule has 0 spiro atoms. The largest absolute Gasteiger partial charge is 0.444 e. The summed E-state index contributed by atoms with van der Waals surface area (Å²) in [7, 11) is 0. The highest BCUT2D eigenvalue weighted by atomic mass is 79.9. The molecular weight excluding hydrogens is 364 g/mol. The van der Waals surface area contributed by atoms with E-state index in [0.29, 0.717) is 6.54 Å². The summed E-state index contributed by atoms with van der Waals surface area (Å²) in [6, 6.07) is 2.50. The fraction of sp³-hybridized carbons (Fsp3) is 0.688. The quantitative estimate of drug-likeness (QED) is 0.757. The summed E-state index contributed by atoms with van der Waals surface area (Å²) in [5, 5.41) is 5.53. The Kier molecular flexibility index (Phi) is 7.35. The van der Waals surface area contributed by atoms with Crippen LogP contribution in [0.5, 0.6) is 0 Å². The molecule has 0 saturated carbocycles. The summed E-state index contributed by atoms with van der Waals surface area (Å²) < 4.78 is 6.57. The van der Waals surface area contributed by atoms with Gasteiger partial charge in [0, 0.05) is 39.9 Å². The molecule has 0 aliphatic heterocycles. The predicted molar refractivity (Wildman–Crippen MR) is 96.5 cm³/mol. The summed E-state index contributed by atoms with van der Waals surface area (Å²) in [5.74, 6) is 0. The van der Waals surface area contributed by atoms with Crippen LogP contribution in [0.4, 0.5) is 4.79 Å². The number of carbonyl (C=O) groups excluding carboxylic acids is 1. The van der Waals surface area contributed by atoms with Crippen LogP contribution in [0, 0.1) is 0 Å². The van der Waals surface area contributed by atoms with Crippen LogP contribution in [0.2, 0.25) is 0 Å². The number of nitrogens with one attached hydrogen (secondary N) is 1. The number of amides is 1. The van der Waals surface area contributed by atoms with E-state index in [-0.39, 0.29) is 18.2 Å². The third kappa shape index (κ3) is 6.67. The number of nitrogens with zero attached hydrogens (tertiary/aromatic N) is 1. The standard InChI is InChI=1S/C16H27BrN2O2S/c1-11(2)19(15(20)21-16(4,5)6)8-7-18-12(3)14-9-13(17)10-22-14/h9-12,18H,7-8H2,1-6H3. The summed E-state index contributed by atoms with van der Waals surface area (Å²) in [5.41, 5.74) is -0.464. The third-order valence-corrected chi connectivity index (χ3v) is 4.95. The number of halogens is 1. The van der Waals surface area contributed by atoms with Crippen molar-refractivity contribution in [2.75, 3.05) is 13.1 Å². The van der Waals surface area contributed by atoms with Gasteiger partial charge in [0.2, 0.25) is 0 Å². The van der Waals surface area contributed by atoms with Gasteiger partial charge in [0.1, 0.15) is 5.60 Å². The van der Waals surface area contributed by atoms with E-state index < -0.39 is 5.60 Å². The summed E-state index contributed by atoms with van der Waals surface area (Å²) in [4.78, 5) is 15.3. The van der Waals surface area contributed by atoms with Crippen molar-refractivity contribution in [3.8, 4) is 0 Å². The molecule has 1 unspecified atom stereocenters. The molecular formula is C16H27BrN2O2S. The van der Waals surface area contributed by atoms with Gasteiger partial charge in [-0.2, -0.15) is 0 Å². The topological polar surface area (TPSA) is 41.6 Å². The van der Waals surface area contributed by atoms with Crippen LogP contribution < -0.4 is 5.32 Å². The second kappa shape index (κ2) is 8.31. The maximum atomic E-state index is 12.2. The average molecular weight is 391 g/mol. The number of hydrogen-bond donors (Lipinski definition) is 1. The van der Waals surface area contributed by atoms with Crippen molar-refractivity contribution in [3.63, 3.8) is 0 Å². The monoisotopic (exact) mass is 390 g/mol. The van der Waals surface area contributed by atoms with Crippen LogP contribution in [0.15, 0.2) is 15.9 Å². The molecule has 0 aliphatic rings. The molecule has 1 atom stereocenters. The Hall–Kier alpha value is -0.590. The first-order chi connectivity index (χ1) is 10.1. The lowest BCUT2D eigenvalue weighted by molar-refractivity contribution is 0.0192. The molecule has 1 aromatic rings. The Bertz CT molecular complexity index is 483. The molecule has 1 heterocycles. The molecule has 0 saturated heterocycles. The van der Waals surface area contributed by atoms with Crippen LogP contribution in [0.25, 0.3) is 0 Å². The molecule has 1 aromatic heterocycles. The lowest BCUT2D eigenvalue weighted by Crippen LogP contribution is -2.44. The predicted octanol–water partition coefficient (Wildman–Crippen LogP) is 4.81. The molecule has 1 amide bonds. The minimum absolute atomic E-state index is 0.114. The van der Waals surface area contributed by atoms with Crippen LogP contribution in [-0.4, -0.2) is 35.7 Å². The molecule has 22 heavy (non-hydrogen) atoms. The van der Waals surface area contributed by atoms with Gasteiger partial charge in [0.15, 0.2) is 0 Å². The molecule has 6 heteroatoms. The van der Waals surface area contributed by atoms with Crippen molar-refractivity contribution in [2.24, 2.45) is 0 Å². The van der Waals surface area contributed by atoms with Crippen molar-refractivity contribution < 1.29 is 9.53 Å². The van der Waals surface area contributed by atoms with Gasteiger partial charge in [0.05, 0.1) is 0 Å². The van der Waals surface area contributed by atoms with E-state index >= 15 is 0 Å². The minimum atomic E-state index is -0.464. The molecule has 1 N–H and O–H groups in total. The first-order valence-corrected chi connectivity index (χ1v) is 9.24. The summed E-state index contributed by atoms with van der Waals surface area (Å²) in [6.45, 7) is 13.2. The second-order valence-corrected chi connectivity index (χ2v) is 8.47. The third-order valence-electron chi connectivity index (χ3n) is 3.07. The number of hydrogen-bond acceptors (Lipinski definition) is 4. The number of ether oxygens (including phenoxy) is 1. The molecule has 126 valence electrons. The summed E-state index contributed by atoms with van der Waals surface area (Å²) in [6.07, 6.45) is -0.254. The molecule has 0 fully saturated rings. The average Bonchev–Trinajstić information content (AvgIpc) is 2.78. The maximum Gasteiger partial charge on any atom is 0.410 e. The van der Waals surface area contributed by atoms with E-state index in [1.165, 1.54) is 4.88 Å². The number of rotatable bonds is 6. The van der Waals surface area contributed by atoms with Crippen LogP contribution in [-0.2, 0) is 4.74 Å². The first-order valence-electron chi connectivity index (χ1n) is 7.57. The van der Waals surface area contributed by atoms with Crippen LogP contribution in [0.1, 0.15) is 52.5 Å². The highest BCUT2D eigenvalue weighted by molar-refractivity contribution is 9.10. The van der Waals surface area contributed by atoms with Crippen molar-refractivity contribution >= 4 is 33.4 Å². The SMILES string of the molecule is CC(NCCN(C(=O)OC(C)(C)C)C(C)C)c1cc(Br)cs1. The van der Waals surface area contributed by atoms with Gasteiger partial charge >= 0.3 is 6.09 Å². The Labute approximate surface area is 146 Å². The van der Waals surface area contributed by atoms with E-state index in [4.69, 9.17) is 4.74 Å². The molecule has 0 aliphatic carbocycles. The highest BCUT2D eigenvalue weighted by Crippen LogP contribution is 2.25. The van der Waals surface area contributed by atoms with Crippen LogP contribution >= 0.6 is 27.3 Å². The first kappa shape index (κ1) is 19.5. The van der Waals surface area contributed by atoms with Gasteiger partial charge in [-0.05, 0) is 63.5 Å². The van der Waals surface area contributed by atoms with Gasteiger partial charge < -0.3 is 15.0 Å². The number of thiophene rings is 1. The Morgan fingerprint density at radius 3 is 2.50 bits per heavy atom. The number of carbonyl (C=O) groups is 1. The zero-order valence-electron chi connectivity index (χ0n) is 14.3. The van der Waals surface area contributed by atoms with E-state index in [0.717, 1.165) is 11.0 Å². The van der Waals surface area contributed by atoms with Gasteiger partial charge in [-0.25, -0.2) is 4.79 Å². The molecule has 4 nitrogen and oxygen atoms in total. The van der Waals surface area contributed by atoms with Crippen molar-refractivity contribution in [3.05, 3.63) is 20.8 Å². The molecule has 0 bridgehead atoms. The van der Waals surface area contributed by atoms with Crippen LogP contribution in [0.3, 0.4) is 0 Å².